The van der Waals surface area contributed by atoms with Crippen molar-refractivity contribution in [1.29, 1.82) is 0 Å². The number of benzene rings is 7. The Balaban J connectivity index is 1.71. The maximum absolute atomic E-state index is 2.48. The van der Waals surface area contributed by atoms with Gasteiger partial charge in [0.15, 0.2) is 0 Å². The van der Waals surface area contributed by atoms with E-state index in [1.165, 1.54) is 55.2 Å². The van der Waals surface area contributed by atoms with Gasteiger partial charge in [-0.2, -0.15) is 0 Å². The normalized spacial score (nSPS) is 12.0. The van der Waals surface area contributed by atoms with Crippen LogP contribution in [-0.4, -0.2) is 0 Å². The van der Waals surface area contributed by atoms with Crippen molar-refractivity contribution in [2.24, 2.45) is 0 Å². The molecule has 0 N–H and O–H groups in total. The van der Waals surface area contributed by atoms with Crippen LogP contribution in [0.15, 0.2) is 146 Å². The molecular weight excluding hydrogens is 605 g/mol. The van der Waals surface area contributed by atoms with Crippen molar-refractivity contribution in [2.75, 3.05) is 9.80 Å². The first-order valence-electron chi connectivity index (χ1n) is 17.8. The van der Waals surface area contributed by atoms with Crippen molar-refractivity contribution in [3.05, 3.63) is 168 Å². The molecular formula is C48H48N2. The van der Waals surface area contributed by atoms with Crippen LogP contribution >= 0.6 is 0 Å². The van der Waals surface area contributed by atoms with Crippen LogP contribution in [0.4, 0.5) is 34.1 Å². The molecule has 0 saturated heterocycles. The molecule has 0 saturated carbocycles. The number of fused-ring (bicyclic) bond motifs is 2. The van der Waals surface area contributed by atoms with E-state index < -0.39 is 0 Å². The topological polar surface area (TPSA) is 6.48 Å². The summed E-state index contributed by atoms with van der Waals surface area (Å²) in [6.45, 7) is 18.2. The number of rotatable bonds is 6. The SMILES string of the molecule is Cc1ccc(N(c2ccccc2)c2c3ccc(C(C)(C)C)cc3c(N(c3ccccc3)c3ccc(C)cc3)c3cc(C(C)(C)C)ccc23)cc1. The van der Waals surface area contributed by atoms with Crippen molar-refractivity contribution >= 4 is 55.7 Å². The van der Waals surface area contributed by atoms with Gasteiger partial charge in [0, 0.05) is 44.3 Å². The summed E-state index contributed by atoms with van der Waals surface area (Å²) in [6, 6.07) is 53.9. The molecule has 0 aliphatic heterocycles. The molecule has 0 amide bonds. The molecule has 2 heteroatoms. The molecule has 0 radical (unpaired) electrons. The van der Waals surface area contributed by atoms with Crippen LogP contribution in [0.1, 0.15) is 63.8 Å². The largest absolute Gasteiger partial charge is 0.309 e. The minimum Gasteiger partial charge on any atom is -0.309 e. The number of aryl methyl sites for hydroxylation is 2. The van der Waals surface area contributed by atoms with Crippen molar-refractivity contribution in [3.8, 4) is 0 Å². The molecule has 0 heterocycles. The monoisotopic (exact) mass is 652 g/mol. The van der Waals surface area contributed by atoms with Gasteiger partial charge in [-0.05, 0) is 96.5 Å². The van der Waals surface area contributed by atoms with Gasteiger partial charge in [0.1, 0.15) is 0 Å². The molecule has 2 nitrogen and oxygen atoms in total. The van der Waals surface area contributed by atoms with E-state index in [1.54, 1.807) is 0 Å². The molecule has 0 fully saturated rings. The number of hydrogen-bond acceptors (Lipinski definition) is 2. The zero-order valence-electron chi connectivity index (χ0n) is 30.8. The van der Waals surface area contributed by atoms with Crippen molar-refractivity contribution in [3.63, 3.8) is 0 Å². The van der Waals surface area contributed by atoms with Crippen molar-refractivity contribution in [2.45, 2.75) is 66.2 Å². The third kappa shape index (κ3) is 6.27. The van der Waals surface area contributed by atoms with Gasteiger partial charge < -0.3 is 9.80 Å². The fraction of sp³-hybridized carbons (Fsp3) is 0.208. The van der Waals surface area contributed by atoms with Gasteiger partial charge in [-0.1, -0.05) is 138 Å². The summed E-state index contributed by atoms with van der Waals surface area (Å²) >= 11 is 0. The average Bonchev–Trinajstić information content (AvgIpc) is 3.10. The second-order valence-electron chi connectivity index (χ2n) is 15.7. The number of para-hydroxylation sites is 2. The minimum absolute atomic E-state index is 0.0364. The Kier molecular flexibility index (Phi) is 8.52. The third-order valence-electron chi connectivity index (χ3n) is 9.85. The molecule has 0 atom stereocenters. The van der Waals surface area contributed by atoms with Crippen LogP contribution in [0.2, 0.25) is 0 Å². The molecule has 7 rings (SSSR count). The van der Waals surface area contributed by atoms with Crippen LogP contribution in [-0.2, 0) is 10.8 Å². The summed E-state index contributed by atoms with van der Waals surface area (Å²) < 4.78 is 0. The Bertz CT molecular complexity index is 2200. The highest BCUT2D eigenvalue weighted by Gasteiger charge is 2.28. The van der Waals surface area contributed by atoms with Gasteiger partial charge in [0.25, 0.3) is 0 Å². The average molecular weight is 653 g/mol. The molecule has 50 heavy (non-hydrogen) atoms. The number of anilines is 6. The lowest BCUT2D eigenvalue weighted by Gasteiger charge is -2.34. The lowest BCUT2D eigenvalue weighted by Crippen LogP contribution is -2.17. The zero-order valence-corrected chi connectivity index (χ0v) is 30.8. The summed E-state index contributed by atoms with van der Waals surface area (Å²) in [5, 5.41) is 4.87. The molecule has 0 unspecified atom stereocenters. The van der Waals surface area contributed by atoms with Gasteiger partial charge in [0.05, 0.1) is 11.4 Å². The van der Waals surface area contributed by atoms with Crippen LogP contribution in [0.5, 0.6) is 0 Å². The van der Waals surface area contributed by atoms with Crippen molar-refractivity contribution in [1.82, 2.24) is 0 Å². The molecule has 7 aromatic rings. The summed E-state index contributed by atoms with van der Waals surface area (Å²) in [5.74, 6) is 0. The third-order valence-corrected chi connectivity index (χ3v) is 9.85. The van der Waals surface area contributed by atoms with E-state index in [0.717, 1.165) is 22.7 Å². The molecule has 0 aliphatic carbocycles. The maximum atomic E-state index is 2.48. The van der Waals surface area contributed by atoms with E-state index in [2.05, 4.69) is 211 Å². The van der Waals surface area contributed by atoms with E-state index in [1.807, 2.05) is 0 Å². The Morgan fingerprint density at radius 3 is 1.00 bits per heavy atom. The Morgan fingerprint density at radius 1 is 0.340 bits per heavy atom. The highest BCUT2D eigenvalue weighted by Crippen LogP contribution is 2.52. The van der Waals surface area contributed by atoms with Gasteiger partial charge in [0.2, 0.25) is 0 Å². The molecule has 0 aromatic heterocycles. The second-order valence-corrected chi connectivity index (χ2v) is 15.7. The van der Waals surface area contributed by atoms with Gasteiger partial charge in [-0.15, -0.1) is 0 Å². The first-order chi connectivity index (χ1) is 23.9. The van der Waals surface area contributed by atoms with Gasteiger partial charge in [-0.25, -0.2) is 0 Å². The van der Waals surface area contributed by atoms with E-state index in [4.69, 9.17) is 0 Å². The summed E-state index contributed by atoms with van der Waals surface area (Å²) in [7, 11) is 0. The second kappa shape index (κ2) is 12.8. The van der Waals surface area contributed by atoms with Crippen molar-refractivity contribution < 1.29 is 0 Å². The maximum Gasteiger partial charge on any atom is 0.0620 e. The Hall–Kier alpha value is -5.34. The molecule has 0 spiro atoms. The first-order valence-corrected chi connectivity index (χ1v) is 17.8. The fourth-order valence-electron chi connectivity index (χ4n) is 6.95. The summed E-state index contributed by atoms with van der Waals surface area (Å²) in [4.78, 5) is 4.94. The fourth-order valence-corrected chi connectivity index (χ4v) is 6.95. The Labute approximate surface area is 298 Å². The summed E-state index contributed by atoms with van der Waals surface area (Å²) in [5.41, 5.74) is 11.9. The predicted molar refractivity (Wildman–Crippen MR) is 218 cm³/mol. The van der Waals surface area contributed by atoms with E-state index in [-0.39, 0.29) is 10.8 Å². The van der Waals surface area contributed by atoms with E-state index in [9.17, 15) is 0 Å². The minimum atomic E-state index is -0.0364. The van der Waals surface area contributed by atoms with Crippen LogP contribution in [0, 0.1) is 13.8 Å². The zero-order chi connectivity index (χ0) is 35.2. The first kappa shape index (κ1) is 33.2. The highest BCUT2D eigenvalue weighted by molar-refractivity contribution is 6.23. The quantitative estimate of drug-likeness (QED) is 0.130. The number of hydrogen-bond donors (Lipinski definition) is 0. The Morgan fingerprint density at radius 2 is 0.660 bits per heavy atom. The lowest BCUT2D eigenvalue weighted by atomic mass is 9.82. The smallest absolute Gasteiger partial charge is 0.0620 e. The predicted octanol–water partition coefficient (Wildman–Crippen LogP) is 14.1. The molecule has 0 bridgehead atoms. The molecule has 0 aliphatic rings. The lowest BCUT2D eigenvalue weighted by molar-refractivity contribution is 0.591. The van der Waals surface area contributed by atoms with Gasteiger partial charge >= 0.3 is 0 Å². The van der Waals surface area contributed by atoms with Crippen LogP contribution < -0.4 is 9.80 Å². The standard InChI is InChI=1S/C48H48N2/c1-33-19-25-39(26-20-33)49(37-15-11-9-12-16-37)45-41-29-23-35(47(3,4)5)31-43(41)46(44-32-36(48(6,7)8)24-30-42(44)45)50(38-17-13-10-14-18-38)40-27-21-34(2)22-28-40/h9-32H,1-8H3. The van der Waals surface area contributed by atoms with Crippen LogP contribution in [0.25, 0.3) is 21.5 Å². The van der Waals surface area contributed by atoms with E-state index >= 15 is 0 Å². The highest BCUT2D eigenvalue weighted by atomic mass is 15.2. The number of nitrogens with zero attached hydrogens (tertiary/aromatic N) is 2. The molecule has 7 aromatic carbocycles. The molecule has 250 valence electrons. The van der Waals surface area contributed by atoms with Crippen LogP contribution in [0.3, 0.4) is 0 Å². The van der Waals surface area contributed by atoms with Gasteiger partial charge in [-0.3, -0.25) is 0 Å². The van der Waals surface area contributed by atoms with E-state index in [0.29, 0.717) is 0 Å². The summed E-state index contributed by atoms with van der Waals surface area (Å²) in [6.07, 6.45) is 0.